The summed E-state index contributed by atoms with van der Waals surface area (Å²) in [4.78, 5) is 18.9. The zero-order valence-corrected chi connectivity index (χ0v) is 15.3. The van der Waals surface area contributed by atoms with Gasteiger partial charge in [-0.05, 0) is 42.0 Å². The third-order valence-corrected chi connectivity index (χ3v) is 5.75. The molecule has 0 amide bonds. The van der Waals surface area contributed by atoms with Gasteiger partial charge in [0, 0.05) is 22.0 Å². The van der Waals surface area contributed by atoms with Gasteiger partial charge in [-0.2, -0.15) is 4.39 Å². The second-order valence-corrected chi connectivity index (χ2v) is 7.41. The number of nitrogens with two attached hydrogens (primary N) is 1. The summed E-state index contributed by atoms with van der Waals surface area (Å²) in [5, 5.41) is 3.31. The van der Waals surface area contributed by atoms with Gasteiger partial charge in [0.2, 0.25) is 5.95 Å². The van der Waals surface area contributed by atoms with Crippen LogP contribution in [0.2, 0.25) is 0 Å². The van der Waals surface area contributed by atoms with Crippen molar-refractivity contribution < 1.29 is 4.39 Å². The molecule has 3 N–H and O–H groups in total. The maximum atomic E-state index is 14.5. The zero-order chi connectivity index (χ0) is 18.4. The molecule has 1 unspecified atom stereocenters. The first kappa shape index (κ1) is 16.9. The van der Waals surface area contributed by atoms with E-state index in [1.807, 2.05) is 35.7 Å². The standard InChI is InChI=1S/C20H18FN3OS/c1-10(9-22)12-3-5-13(6-4-12)15-11(2)23-19(21)17-16(15)14-7-8-26-18(14)20(25)24-17/h3-8,10H,9,22H2,1-2H3,(H,24,25). The summed E-state index contributed by atoms with van der Waals surface area (Å²) in [5.74, 6) is -0.381. The van der Waals surface area contributed by atoms with Crippen LogP contribution in [0.25, 0.3) is 32.1 Å². The van der Waals surface area contributed by atoms with Crippen molar-refractivity contribution in [1.29, 1.82) is 0 Å². The van der Waals surface area contributed by atoms with Crippen molar-refractivity contribution in [2.75, 3.05) is 6.54 Å². The smallest absolute Gasteiger partial charge is 0.266 e. The Balaban J connectivity index is 2.06. The molecule has 0 aliphatic rings. The van der Waals surface area contributed by atoms with Crippen molar-refractivity contribution in [2.45, 2.75) is 19.8 Å². The van der Waals surface area contributed by atoms with Gasteiger partial charge in [0.05, 0.1) is 0 Å². The van der Waals surface area contributed by atoms with Gasteiger partial charge in [-0.25, -0.2) is 4.98 Å². The van der Waals surface area contributed by atoms with Crippen molar-refractivity contribution in [1.82, 2.24) is 9.97 Å². The largest absolute Gasteiger partial charge is 0.330 e. The number of rotatable bonds is 3. The molecule has 26 heavy (non-hydrogen) atoms. The Morgan fingerprint density at radius 2 is 2.00 bits per heavy atom. The van der Waals surface area contributed by atoms with Crippen molar-refractivity contribution in [3.63, 3.8) is 0 Å². The summed E-state index contributed by atoms with van der Waals surface area (Å²) in [6.07, 6.45) is 0. The van der Waals surface area contributed by atoms with E-state index in [2.05, 4.69) is 16.9 Å². The first-order chi connectivity index (χ1) is 12.5. The molecule has 0 bridgehead atoms. The van der Waals surface area contributed by atoms with Gasteiger partial charge in [0.15, 0.2) is 0 Å². The maximum absolute atomic E-state index is 14.5. The van der Waals surface area contributed by atoms with E-state index >= 15 is 0 Å². The van der Waals surface area contributed by atoms with Crippen LogP contribution >= 0.6 is 11.3 Å². The van der Waals surface area contributed by atoms with Crippen LogP contribution in [0.15, 0.2) is 40.5 Å². The normalized spacial score (nSPS) is 12.8. The molecule has 4 rings (SSSR count). The molecule has 0 aliphatic carbocycles. The van der Waals surface area contributed by atoms with Crippen LogP contribution in [0.3, 0.4) is 0 Å². The molecule has 4 aromatic rings. The Morgan fingerprint density at radius 1 is 1.27 bits per heavy atom. The lowest BCUT2D eigenvalue weighted by atomic mass is 9.94. The first-order valence-corrected chi connectivity index (χ1v) is 9.29. The molecule has 0 radical (unpaired) electrons. The molecule has 0 saturated heterocycles. The minimum atomic E-state index is -0.653. The Kier molecular flexibility index (Phi) is 4.09. The van der Waals surface area contributed by atoms with Crippen molar-refractivity contribution >= 4 is 32.3 Å². The van der Waals surface area contributed by atoms with E-state index in [9.17, 15) is 9.18 Å². The number of halogens is 1. The molecule has 3 aromatic heterocycles. The summed E-state index contributed by atoms with van der Waals surface area (Å²) in [7, 11) is 0. The maximum Gasteiger partial charge on any atom is 0.266 e. The van der Waals surface area contributed by atoms with E-state index in [4.69, 9.17) is 5.73 Å². The Bertz CT molecular complexity index is 1180. The number of hydrogen-bond acceptors (Lipinski definition) is 4. The molecular formula is C20H18FN3OS. The fourth-order valence-corrected chi connectivity index (χ4v) is 4.17. The molecule has 1 aromatic carbocycles. The summed E-state index contributed by atoms with van der Waals surface area (Å²) >= 11 is 1.35. The second-order valence-electron chi connectivity index (χ2n) is 6.49. The van der Waals surface area contributed by atoms with Crippen LogP contribution in [0.5, 0.6) is 0 Å². The summed E-state index contributed by atoms with van der Waals surface area (Å²) in [6.45, 7) is 4.45. The van der Waals surface area contributed by atoms with Crippen LogP contribution in [-0.2, 0) is 0 Å². The molecule has 0 aliphatic heterocycles. The first-order valence-electron chi connectivity index (χ1n) is 8.41. The average molecular weight is 367 g/mol. The van der Waals surface area contributed by atoms with E-state index in [0.717, 1.165) is 22.1 Å². The monoisotopic (exact) mass is 367 g/mol. The molecule has 6 heteroatoms. The number of H-pyrrole nitrogens is 1. The summed E-state index contributed by atoms with van der Waals surface area (Å²) in [5.41, 5.74) is 9.14. The Hall–Kier alpha value is -2.57. The van der Waals surface area contributed by atoms with Crippen LogP contribution in [-0.4, -0.2) is 16.5 Å². The highest BCUT2D eigenvalue weighted by Gasteiger charge is 2.18. The van der Waals surface area contributed by atoms with Crippen LogP contribution < -0.4 is 11.3 Å². The Labute approximate surface area is 153 Å². The highest BCUT2D eigenvalue weighted by molar-refractivity contribution is 7.17. The number of pyridine rings is 2. The number of nitrogens with zero attached hydrogens (tertiary/aromatic N) is 1. The van der Waals surface area contributed by atoms with Crippen molar-refractivity contribution in [2.24, 2.45) is 5.73 Å². The topological polar surface area (TPSA) is 71.8 Å². The van der Waals surface area contributed by atoms with E-state index in [-0.39, 0.29) is 17.0 Å². The minimum absolute atomic E-state index is 0.154. The van der Waals surface area contributed by atoms with Crippen molar-refractivity contribution in [3.8, 4) is 11.1 Å². The fraction of sp³-hybridized carbons (Fsp3) is 0.200. The number of hydrogen-bond donors (Lipinski definition) is 2. The predicted octanol–water partition coefficient (Wildman–Crippen LogP) is 4.31. The van der Waals surface area contributed by atoms with E-state index in [1.165, 1.54) is 11.3 Å². The third kappa shape index (κ3) is 2.53. The highest BCUT2D eigenvalue weighted by atomic mass is 32.1. The lowest BCUT2D eigenvalue weighted by Crippen LogP contribution is -2.09. The fourth-order valence-electron chi connectivity index (χ4n) is 3.37. The molecule has 0 saturated carbocycles. The second kappa shape index (κ2) is 6.30. The summed E-state index contributed by atoms with van der Waals surface area (Å²) < 4.78 is 15.1. The van der Waals surface area contributed by atoms with E-state index < -0.39 is 5.95 Å². The number of aromatic amines is 1. The molecule has 1 atom stereocenters. The summed E-state index contributed by atoms with van der Waals surface area (Å²) in [6, 6.07) is 9.96. The molecule has 4 nitrogen and oxygen atoms in total. The lowest BCUT2D eigenvalue weighted by molar-refractivity contribution is 0.590. The van der Waals surface area contributed by atoms with Crippen LogP contribution in [0.1, 0.15) is 24.1 Å². The average Bonchev–Trinajstić information content (AvgIpc) is 3.13. The van der Waals surface area contributed by atoms with E-state index in [1.54, 1.807) is 6.92 Å². The molecule has 3 heterocycles. The SMILES string of the molecule is Cc1nc(F)c2[nH]c(=O)c3sccc3c2c1-c1ccc(C(C)CN)cc1. The van der Waals surface area contributed by atoms with Gasteiger partial charge >= 0.3 is 0 Å². The van der Waals surface area contributed by atoms with Gasteiger partial charge in [-0.1, -0.05) is 31.2 Å². The highest BCUT2D eigenvalue weighted by Crippen LogP contribution is 2.36. The third-order valence-electron chi connectivity index (χ3n) is 4.84. The number of benzene rings is 1. The Morgan fingerprint density at radius 3 is 2.69 bits per heavy atom. The van der Waals surface area contributed by atoms with Crippen molar-refractivity contribution in [3.05, 3.63) is 63.3 Å². The number of nitrogens with one attached hydrogen (secondary N) is 1. The predicted molar refractivity (Wildman–Crippen MR) is 105 cm³/mol. The number of aromatic nitrogens is 2. The molecule has 0 spiro atoms. The quantitative estimate of drug-likeness (QED) is 0.530. The number of aryl methyl sites for hydroxylation is 1. The lowest BCUT2D eigenvalue weighted by Gasteiger charge is -2.14. The van der Waals surface area contributed by atoms with Gasteiger partial charge in [0.1, 0.15) is 10.2 Å². The molecular weight excluding hydrogens is 349 g/mol. The molecule has 0 fully saturated rings. The van der Waals surface area contributed by atoms with Gasteiger partial charge in [0.25, 0.3) is 5.56 Å². The number of fused-ring (bicyclic) bond motifs is 3. The minimum Gasteiger partial charge on any atom is -0.330 e. The van der Waals surface area contributed by atoms with Gasteiger partial charge in [-0.3, -0.25) is 4.79 Å². The number of thiophene rings is 1. The van der Waals surface area contributed by atoms with Gasteiger partial charge in [-0.15, -0.1) is 11.3 Å². The van der Waals surface area contributed by atoms with E-state index in [0.29, 0.717) is 22.3 Å². The van der Waals surface area contributed by atoms with Crippen LogP contribution in [0.4, 0.5) is 4.39 Å². The van der Waals surface area contributed by atoms with Crippen LogP contribution in [0, 0.1) is 12.9 Å². The molecule has 132 valence electrons. The van der Waals surface area contributed by atoms with Gasteiger partial charge < -0.3 is 10.7 Å². The zero-order valence-electron chi connectivity index (χ0n) is 14.5.